The van der Waals surface area contributed by atoms with E-state index in [0.29, 0.717) is 35.2 Å². The summed E-state index contributed by atoms with van der Waals surface area (Å²) in [6.45, 7) is 2.53. The molecule has 3 rings (SSSR count). The van der Waals surface area contributed by atoms with Crippen LogP contribution >= 0.6 is 0 Å². The van der Waals surface area contributed by atoms with Gasteiger partial charge in [0, 0.05) is 24.6 Å². The summed E-state index contributed by atoms with van der Waals surface area (Å²) in [6.07, 6.45) is 0.244. The van der Waals surface area contributed by atoms with E-state index in [1.165, 1.54) is 0 Å². The number of nitrogens with zero attached hydrogens (tertiary/aromatic N) is 2. The van der Waals surface area contributed by atoms with Crippen LogP contribution in [0.25, 0.3) is 0 Å². The number of carbonyl (C=O) groups excluding carboxylic acids is 2. The number of rotatable bonds is 7. The molecule has 2 amide bonds. The van der Waals surface area contributed by atoms with Crippen LogP contribution in [0.1, 0.15) is 18.9 Å². The van der Waals surface area contributed by atoms with Crippen molar-refractivity contribution in [3.63, 3.8) is 0 Å². The van der Waals surface area contributed by atoms with E-state index >= 15 is 0 Å². The summed E-state index contributed by atoms with van der Waals surface area (Å²) in [7, 11) is 6.57. The smallest absolute Gasteiger partial charge is 0.241 e. The summed E-state index contributed by atoms with van der Waals surface area (Å²) >= 11 is 0. The van der Waals surface area contributed by atoms with Crippen molar-refractivity contribution in [1.82, 2.24) is 4.90 Å². The average Bonchev–Trinajstić information content (AvgIpc) is 2.87. The van der Waals surface area contributed by atoms with Crippen LogP contribution in [0.2, 0.25) is 0 Å². The minimum absolute atomic E-state index is 0.0848. The fraction of sp³-hybridized carbons (Fsp3) is 0.391. The van der Waals surface area contributed by atoms with E-state index in [-0.39, 0.29) is 30.8 Å². The predicted molar refractivity (Wildman–Crippen MR) is 119 cm³/mol. The van der Waals surface area contributed by atoms with Crippen LogP contribution in [-0.4, -0.2) is 57.7 Å². The number of nitrogens with one attached hydrogen (secondary N) is 1. The molecule has 1 N–H and O–H groups in total. The summed E-state index contributed by atoms with van der Waals surface area (Å²) in [5.41, 5.74) is 2.23. The lowest BCUT2D eigenvalue weighted by molar-refractivity contribution is -0.120. The lowest BCUT2D eigenvalue weighted by Crippen LogP contribution is -2.44. The molecule has 8 heteroatoms. The summed E-state index contributed by atoms with van der Waals surface area (Å²) in [5, 5.41) is 2.88. The van der Waals surface area contributed by atoms with Crippen LogP contribution < -0.4 is 24.4 Å². The van der Waals surface area contributed by atoms with E-state index in [1.807, 2.05) is 55.3 Å². The van der Waals surface area contributed by atoms with Gasteiger partial charge in [-0.3, -0.25) is 14.5 Å². The zero-order valence-corrected chi connectivity index (χ0v) is 18.6. The molecule has 0 saturated carbocycles. The van der Waals surface area contributed by atoms with Crippen molar-refractivity contribution < 1.29 is 23.8 Å². The van der Waals surface area contributed by atoms with Crippen molar-refractivity contribution in [3.8, 4) is 17.2 Å². The predicted octanol–water partition coefficient (Wildman–Crippen LogP) is 2.91. The molecule has 0 radical (unpaired) electrons. The second-order valence-electron chi connectivity index (χ2n) is 7.55. The normalized spacial score (nSPS) is 15.7. The molecular formula is C23H29N3O5. The summed E-state index contributed by atoms with van der Waals surface area (Å²) < 4.78 is 16.3. The molecule has 8 nitrogen and oxygen atoms in total. The van der Waals surface area contributed by atoms with Crippen molar-refractivity contribution in [2.45, 2.75) is 25.9 Å². The van der Waals surface area contributed by atoms with Gasteiger partial charge in [0.15, 0.2) is 11.5 Å². The molecule has 2 aromatic rings. The Hall–Kier alpha value is -3.26. The molecule has 0 aliphatic carbocycles. The van der Waals surface area contributed by atoms with E-state index in [0.717, 1.165) is 5.56 Å². The number of benzene rings is 2. The molecule has 166 valence electrons. The lowest BCUT2D eigenvalue weighted by Gasteiger charge is -2.30. The monoisotopic (exact) mass is 427 g/mol. The second kappa shape index (κ2) is 9.70. The lowest BCUT2D eigenvalue weighted by atomic mass is 10.1. The van der Waals surface area contributed by atoms with Crippen LogP contribution in [-0.2, 0) is 16.1 Å². The first-order chi connectivity index (χ1) is 14.9. The van der Waals surface area contributed by atoms with Crippen molar-refractivity contribution in [2.24, 2.45) is 0 Å². The fourth-order valence-electron chi connectivity index (χ4n) is 3.91. The van der Waals surface area contributed by atoms with Crippen molar-refractivity contribution >= 4 is 23.2 Å². The van der Waals surface area contributed by atoms with Gasteiger partial charge in [-0.15, -0.1) is 0 Å². The number of methoxy groups -OCH3 is 3. The maximum absolute atomic E-state index is 13.3. The van der Waals surface area contributed by atoms with E-state index in [2.05, 4.69) is 5.32 Å². The quantitative estimate of drug-likeness (QED) is 0.732. The largest absolute Gasteiger partial charge is 0.493 e. The number of hydrogen-bond donors (Lipinski definition) is 1. The summed E-state index contributed by atoms with van der Waals surface area (Å²) in [6, 6.07) is 10.8. The zero-order valence-electron chi connectivity index (χ0n) is 18.6. The third-order valence-corrected chi connectivity index (χ3v) is 5.26. The molecule has 1 heterocycles. The van der Waals surface area contributed by atoms with Gasteiger partial charge in [-0.2, -0.15) is 0 Å². The first kappa shape index (κ1) is 22.4. The molecule has 1 atom stereocenters. The third kappa shape index (κ3) is 4.74. The Kier molecular flexibility index (Phi) is 7.02. The van der Waals surface area contributed by atoms with Crippen LogP contribution in [0.15, 0.2) is 36.4 Å². The van der Waals surface area contributed by atoms with Crippen LogP contribution in [0.3, 0.4) is 0 Å². The Balaban J connectivity index is 1.80. The molecule has 1 aliphatic heterocycles. The summed E-state index contributed by atoms with van der Waals surface area (Å²) in [4.78, 5) is 29.1. The van der Waals surface area contributed by atoms with E-state index in [1.54, 1.807) is 26.2 Å². The number of ether oxygens (including phenoxy) is 3. The number of hydrogen-bond acceptors (Lipinski definition) is 6. The van der Waals surface area contributed by atoms with Gasteiger partial charge in [-0.05, 0) is 32.2 Å². The third-order valence-electron chi connectivity index (χ3n) is 5.26. The first-order valence-electron chi connectivity index (χ1n) is 10.1. The van der Waals surface area contributed by atoms with Crippen LogP contribution in [0.4, 0.5) is 11.4 Å². The number of fused-ring (bicyclic) bond motifs is 1. The Morgan fingerprint density at radius 1 is 1.10 bits per heavy atom. The highest BCUT2D eigenvalue weighted by Crippen LogP contribution is 2.40. The highest BCUT2D eigenvalue weighted by molar-refractivity contribution is 6.04. The Morgan fingerprint density at radius 3 is 2.48 bits per heavy atom. The van der Waals surface area contributed by atoms with Gasteiger partial charge < -0.3 is 24.4 Å². The minimum Gasteiger partial charge on any atom is -0.493 e. The average molecular weight is 428 g/mol. The molecule has 0 saturated heterocycles. The highest BCUT2D eigenvalue weighted by Gasteiger charge is 2.30. The van der Waals surface area contributed by atoms with E-state index < -0.39 is 0 Å². The molecule has 31 heavy (non-hydrogen) atoms. The van der Waals surface area contributed by atoms with Crippen LogP contribution in [0.5, 0.6) is 17.2 Å². The van der Waals surface area contributed by atoms with E-state index in [4.69, 9.17) is 14.2 Å². The van der Waals surface area contributed by atoms with Crippen LogP contribution in [0, 0.1) is 0 Å². The Morgan fingerprint density at radius 2 is 1.81 bits per heavy atom. The van der Waals surface area contributed by atoms with Crippen molar-refractivity contribution in [1.29, 1.82) is 0 Å². The molecule has 1 aliphatic rings. The van der Waals surface area contributed by atoms with Crippen molar-refractivity contribution in [3.05, 3.63) is 42.0 Å². The number of anilines is 2. The summed E-state index contributed by atoms with van der Waals surface area (Å²) in [5.74, 6) is 1.48. The highest BCUT2D eigenvalue weighted by atomic mass is 16.5. The SMILES string of the molecule is COc1ccc(CN(C)CC(=O)N2c3ccccc3NC(=O)C[C@@H]2C)c(OC)c1OC. The molecule has 0 spiro atoms. The molecule has 0 unspecified atom stereocenters. The van der Waals surface area contributed by atoms with Gasteiger partial charge in [0.2, 0.25) is 17.6 Å². The number of likely N-dealkylation sites (N-methyl/N-ethyl adjacent to an activating group) is 1. The first-order valence-corrected chi connectivity index (χ1v) is 10.1. The van der Waals surface area contributed by atoms with Gasteiger partial charge in [0.05, 0.1) is 39.2 Å². The van der Waals surface area contributed by atoms with Gasteiger partial charge in [0.25, 0.3) is 0 Å². The van der Waals surface area contributed by atoms with Gasteiger partial charge in [-0.25, -0.2) is 0 Å². The molecular weight excluding hydrogens is 398 g/mol. The van der Waals surface area contributed by atoms with Gasteiger partial charge >= 0.3 is 0 Å². The minimum atomic E-state index is -0.250. The zero-order chi connectivity index (χ0) is 22.5. The number of para-hydroxylation sites is 2. The maximum atomic E-state index is 13.3. The van der Waals surface area contributed by atoms with Crippen molar-refractivity contribution in [2.75, 3.05) is 45.1 Å². The second-order valence-corrected chi connectivity index (χ2v) is 7.55. The van der Waals surface area contributed by atoms with E-state index in [9.17, 15) is 9.59 Å². The van der Waals surface area contributed by atoms with Gasteiger partial charge in [0.1, 0.15) is 0 Å². The number of carbonyl (C=O) groups is 2. The Labute approximate surface area is 182 Å². The number of amides is 2. The standard InChI is InChI=1S/C23H29N3O5/c1-15-12-20(27)24-17-8-6-7-9-18(17)26(15)21(28)14-25(2)13-16-10-11-19(29-3)23(31-5)22(16)30-4/h6-11,15H,12-14H2,1-5H3,(H,24,27)/t15-/m0/s1. The molecule has 0 aromatic heterocycles. The molecule has 0 bridgehead atoms. The Bertz CT molecular complexity index is 962. The molecule has 2 aromatic carbocycles. The topological polar surface area (TPSA) is 80.3 Å². The fourth-order valence-corrected chi connectivity index (χ4v) is 3.91. The molecule has 0 fully saturated rings. The van der Waals surface area contributed by atoms with Gasteiger partial charge in [-0.1, -0.05) is 18.2 Å². The maximum Gasteiger partial charge on any atom is 0.241 e.